The first-order valence-electron chi connectivity index (χ1n) is 8.46. The number of carbonyl (C=O) groups is 2. The predicted molar refractivity (Wildman–Crippen MR) is 104 cm³/mol. The van der Waals surface area contributed by atoms with Crippen LogP contribution < -0.4 is 0 Å². The monoisotopic (exact) mass is 459 g/mol. The van der Waals surface area contributed by atoms with Crippen LogP contribution in [0.25, 0.3) is 11.0 Å². The highest BCUT2D eigenvalue weighted by Crippen LogP contribution is 2.32. The summed E-state index contributed by atoms with van der Waals surface area (Å²) in [6, 6.07) is 3.29. The topological polar surface area (TPSA) is 101 Å². The van der Waals surface area contributed by atoms with Crippen LogP contribution >= 0.6 is 23.1 Å². The Morgan fingerprint density at radius 3 is 2.70 bits per heavy atom. The number of nitrogens with zero attached hydrogens (tertiary/aromatic N) is 5. The Hall–Kier alpha value is -2.51. The standard InChI is InChI=1S/C17H16F3N5O3S2/c1-24(13(28)7-26)5-9-3-4-12(30-9)11(27)8-29-15-10-6-25(2)23-14(10)21-16(22-15)17(18,19)20/h3-4,6,26H,5,7-8H2,1-2H3. The fourth-order valence-electron chi connectivity index (χ4n) is 2.49. The normalized spacial score (nSPS) is 11.8. The zero-order valence-corrected chi connectivity index (χ0v) is 17.4. The van der Waals surface area contributed by atoms with Crippen molar-refractivity contribution in [2.75, 3.05) is 19.4 Å². The Bertz CT molecular complexity index is 1100. The van der Waals surface area contributed by atoms with E-state index in [1.165, 1.54) is 34.2 Å². The molecule has 0 unspecified atom stereocenters. The van der Waals surface area contributed by atoms with Crippen molar-refractivity contribution in [1.29, 1.82) is 0 Å². The third kappa shape index (κ3) is 4.96. The number of aryl methyl sites for hydroxylation is 1. The van der Waals surface area contributed by atoms with Gasteiger partial charge in [0.1, 0.15) is 11.6 Å². The van der Waals surface area contributed by atoms with E-state index in [9.17, 15) is 22.8 Å². The number of thiophene rings is 1. The minimum atomic E-state index is -4.73. The second-order valence-corrected chi connectivity index (χ2v) is 8.41. The van der Waals surface area contributed by atoms with Gasteiger partial charge in [0.25, 0.3) is 0 Å². The quantitative estimate of drug-likeness (QED) is 0.329. The molecule has 0 radical (unpaired) electrons. The number of halogens is 3. The molecule has 0 saturated carbocycles. The first kappa shape index (κ1) is 22.2. The fraction of sp³-hybridized carbons (Fsp3) is 0.353. The number of fused-ring (bicyclic) bond motifs is 1. The molecule has 3 heterocycles. The first-order chi connectivity index (χ1) is 14.1. The summed E-state index contributed by atoms with van der Waals surface area (Å²) in [4.78, 5) is 33.5. The Labute approximate surface area is 176 Å². The maximum atomic E-state index is 13.1. The fourth-order valence-corrected chi connectivity index (χ4v) is 4.45. The number of aromatic nitrogens is 4. The molecule has 0 saturated heterocycles. The molecule has 0 aromatic carbocycles. The molecule has 30 heavy (non-hydrogen) atoms. The van der Waals surface area contributed by atoms with Crippen LogP contribution in [0.1, 0.15) is 20.4 Å². The first-order valence-corrected chi connectivity index (χ1v) is 10.3. The molecule has 0 aliphatic carbocycles. The van der Waals surface area contributed by atoms with Gasteiger partial charge in [0.2, 0.25) is 11.7 Å². The summed E-state index contributed by atoms with van der Waals surface area (Å²) in [5, 5.41) is 13.1. The Morgan fingerprint density at radius 2 is 2.03 bits per heavy atom. The van der Waals surface area contributed by atoms with Gasteiger partial charge in [-0.3, -0.25) is 14.3 Å². The van der Waals surface area contributed by atoms with Crippen LogP contribution in [-0.4, -0.2) is 60.9 Å². The summed E-state index contributed by atoms with van der Waals surface area (Å²) < 4.78 is 40.6. The molecular formula is C17H16F3N5O3S2. The van der Waals surface area contributed by atoms with Gasteiger partial charge in [-0.15, -0.1) is 11.3 Å². The van der Waals surface area contributed by atoms with E-state index in [4.69, 9.17) is 5.11 Å². The highest BCUT2D eigenvalue weighted by Gasteiger charge is 2.36. The van der Waals surface area contributed by atoms with Crippen LogP contribution in [0, 0.1) is 0 Å². The number of aliphatic hydroxyl groups excluding tert-OH is 1. The Morgan fingerprint density at radius 1 is 1.30 bits per heavy atom. The lowest BCUT2D eigenvalue weighted by Crippen LogP contribution is -2.28. The molecule has 1 amide bonds. The molecule has 1 N–H and O–H groups in total. The molecule has 160 valence electrons. The number of hydrogen-bond acceptors (Lipinski definition) is 8. The molecular weight excluding hydrogens is 443 g/mol. The number of alkyl halides is 3. The van der Waals surface area contributed by atoms with Crippen molar-refractivity contribution in [3.8, 4) is 0 Å². The van der Waals surface area contributed by atoms with Crippen LogP contribution in [-0.2, 0) is 24.6 Å². The number of aliphatic hydroxyl groups is 1. The average molecular weight is 459 g/mol. The van der Waals surface area contributed by atoms with Gasteiger partial charge < -0.3 is 10.0 Å². The smallest absolute Gasteiger partial charge is 0.387 e. The molecule has 0 spiro atoms. The van der Waals surface area contributed by atoms with Gasteiger partial charge in [-0.25, -0.2) is 9.97 Å². The minimum absolute atomic E-state index is 0.0267. The third-order valence-electron chi connectivity index (χ3n) is 3.94. The number of thioether (sulfide) groups is 1. The maximum absolute atomic E-state index is 13.1. The number of carbonyl (C=O) groups excluding carboxylic acids is 2. The van der Waals surface area contributed by atoms with E-state index in [2.05, 4.69) is 15.1 Å². The predicted octanol–water partition coefficient (Wildman–Crippen LogP) is 2.37. The van der Waals surface area contributed by atoms with Crippen molar-refractivity contribution in [2.45, 2.75) is 17.7 Å². The zero-order valence-electron chi connectivity index (χ0n) is 15.8. The molecule has 8 nitrogen and oxygen atoms in total. The molecule has 3 aromatic heterocycles. The highest BCUT2D eigenvalue weighted by atomic mass is 32.2. The number of amides is 1. The van der Waals surface area contributed by atoms with Gasteiger partial charge in [-0.05, 0) is 12.1 Å². The van der Waals surface area contributed by atoms with E-state index in [1.807, 2.05) is 0 Å². The van der Waals surface area contributed by atoms with Gasteiger partial charge in [-0.2, -0.15) is 18.3 Å². The second kappa shape index (κ2) is 8.70. The third-order valence-corrected chi connectivity index (χ3v) is 6.05. The van der Waals surface area contributed by atoms with Crippen molar-refractivity contribution in [1.82, 2.24) is 24.6 Å². The molecule has 0 aliphatic heterocycles. The number of likely N-dealkylation sites (N-methyl/N-ethyl adjacent to an activating group) is 1. The van der Waals surface area contributed by atoms with Crippen LogP contribution in [0.5, 0.6) is 0 Å². The number of hydrogen-bond donors (Lipinski definition) is 1. The molecule has 0 bridgehead atoms. The van der Waals surface area contributed by atoms with Crippen LogP contribution in [0.2, 0.25) is 0 Å². The molecule has 3 aromatic rings. The molecule has 0 atom stereocenters. The maximum Gasteiger partial charge on any atom is 0.451 e. The number of ketones is 1. The van der Waals surface area contributed by atoms with Crippen LogP contribution in [0.4, 0.5) is 13.2 Å². The van der Waals surface area contributed by atoms with Gasteiger partial charge in [0.15, 0.2) is 11.4 Å². The van der Waals surface area contributed by atoms with E-state index >= 15 is 0 Å². The van der Waals surface area contributed by atoms with Crippen LogP contribution in [0.15, 0.2) is 23.4 Å². The molecule has 3 rings (SSSR count). The van der Waals surface area contributed by atoms with Crippen molar-refractivity contribution in [3.05, 3.63) is 33.9 Å². The van der Waals surface area contributed by atoms with Crippen LogP contribution in [0.3, 0.4) is 0 Å². The summed E-state index contributed by atoms with van der Waals surface area (Å²) in [6.45, 7) is -0.367. The highest BCUT2D eigenvalue weighted by molar-refractivity contribution is 8.00. The van der Waals surface area contributed by atoms with Crippen molar-refractivity contribution in [3.63, 3.8) is 0 Å². The lowest BCUT2D eigenvalue weighted by atomic mass is 10.3. The summed E-state index contributed by atoms with van der Waals surface area (Å²) in [5.74, 6) is -2.16. The van der Waals surface area contributed by atoms with Gasteiger partial charge in [0.05, 0.1) is 22.6 Å². The Kier molecular flexibility index (Phi) is 6.43. The lowest BCUT2D eigenvalue weighted by molar-refractivity contribution is -0.145. The van der Waals surface area contributed by atoms with E-state index in [0.717, 1.165) is 16.6 Å². The number of Topliss-reactive ketones (excluding diaryl/α,β-unsaturated/α-hetero) is 1. The van der Waals surface area contributed by atoms with Gasteiger partial charge in [-0.1, -0.05) is 11.8 Å². The zero-order chi connectivity index (χ0) is 22.1. The molecule has 13 heteroatoms. The molecule has 0 aliphatic rings. The number of rotatable bonds is 7. The summed E-state index contributed by atoms with van der Waals surface area (Å²) in [6.07, 6.45) is -3.23. The largest absolute Gasteiger partial charge is 0.451 e. The minimum Gasteiger partial charge on any atom is -0.387 e. The van der Waals surface area contributed by atoms with E-state index in [0.29, 0.717) is 10.3 Å². The second-order valence-electron chi connectivity index (χ2n) is 6.28. The summed E-state index contributed by atoms with van der Waals surface area (Å²) in [7, 11) is 3.09. The Balaban J connectivity index is 1.75. The van der Waals surface area contributed by atoms with E-state index in [1.54, 1.807) is 19.2 Å². The molecule has 0 fully saturated rings. The van der Waals surface area contributed by atoms with Gasteiger partial charge >= 0.3 is 6.18 Å². The average Bonchev–Trinajstić information content (AvgIpc) is 3.29. The van der Waals surface area contributed by atoms with Crippen molar-refractivity contribution >= 4 is 45.8 Å². The lowest BCUT2D eigenvalue weighted by Gasteiger charge is -2.14. The van der Waals surface area contributed by atoms with E-state index < -0.39 is 24.5 Å². The van der Waals surface area contributed by atoms with Gasteiger partial charge in [0, 0.05) is 25.2 Å². The van der Waals surface area contributed by atoms with Crippen molar-refractivity contribution < 1.29 is 27.9 Å². The SMILES string of the molecule is CN(Cc1ccc(C(=O)CSc2nc(C(F)(F)F)nc3nn(C)cc23)s1)C(=O)CO. The summed E-state index contributed by atoms with van der Waals surface area (Å²) in [5.41, 5.74) is -0.0928. The van der Waals surface area contributed by atoms with Crippen molar-refractivity contribution in [2.24, 2.45) is 7.05 Å². The van der Waals surface area contributed by atoms with E-state index in [-0.39, 0.29) is 28.8 Å². The summed E-state index contributed by atoms with van der Waals surface area (Å²) >= 11 is 2.06.